The summed E-state index contributed by atoms with van der Waals surface area (Å²) in [5.41, 5.74) is 0. The van der Waals surface area contributed by atoms with Gasteiger partial charge in [-0.1, -0.05) is 6.42 Å². The van der Waals surface area contributed by atoms with Gasteiger partial charge in [-0.3, -0.25) is 4.79 Å². The predicted molar refractivity (Wildman–Crippen MR) is 75.7 cm³/mol. The van der Waals surface area contributed by atoms with Gasteiger partial charge in [0, 0.05) is 25.6 Å². The molecule has 20 heavy (non-hydrogen) atoms. The summed E-state index contributed by atoms with van der Waals surface area (Å²) in [6.07, 6.45) is 2.78. The first-order chi connectivity index (χ1) is 9.38. The third-order valence-electron chi connectivity index (χ3n) is 3.91. The zero-order valence-electron chi connectivity index (χ0n) is 12.2. The van der Waals surface area contributed by atoms with E-state index in [1.807, 2.05) is 13.8 Å². The van der Waals surface area contributed by atoms with E-state index in [9.17, 15) is 13.2 Å². The molecule has 1 N–H and O–H groups in total. The van der Waals surface area contributed by atoms with E-state index in [1.165, 1.54) is 4.31 Å². The first-order valence-corrected chi connectivity index (χ1v) is 8.90. The van der Waals surface area contributed by atoms with Crippen LogP contribution in [0.2, 0.25) is 0 Å². The normalized spacial score (nSPS) is 28.9. The van der Waals surface area contributed by atoms with E-state index >= 15 is 0 Å². The molecule has 1 aliphatic heterocycles. The molecule has 1 saturated carbocycles. The summed E-state index contributed by atoms with van der Waals surface area (Å²) in [7, 11) is -3.32. The van der Waals surface area contributed by atoms with Crippen LogP contribution in [0.5, 0.6) is 0 Å². The number of carbonyl (C=O) groups is 1. The number of hydrogen-bond acceptors (Lipinski definition) is 4. The molecule has 2 aliphatic rings. The minimum atomic E-state index is -3.32. The van der Waals surface area contributed by atoms with Gasteiger partial charge in [0.25, 0.3) is 0 Å². The number of ether oxygens (including phenoxy) is 1. The van der Waals surface area contributed by atoms with Crippen molar-refractivity contribution in [2.24, 2.45) is 5.92 Å². The first-order valence-electron chi connectivity index (χ1n) is 7.29. The SMILES string of the molecule is CC1CN(S(=O)(=O)CCNC(=O)C2CCC2)CC(C)O1. The zero-order chi connectivity index (χ0) is 14.8. The van der Waals surface area contributed by atoms with E-state index in [0.717, 1.165) is 19.3 Å². The van der Waals surface area contributed by atoms with Gasteiger partial charge in [0.15, 0.2) is 0 Å². The Hall–Kier alpha value is -0.660. The molecule has 0 bridgehead atoms. The van der Waals surface area contributed by atoms with Gasteiger partial charge in [-0.25, -0.2) is 8.42 Å². The molecular weight excluding hydrogens is 280 g/mol. The van der Waals surface area contributed by atoms with E-state index < -0.39 is 10.0 Å². The second-order valence-corrected chi connectivity index (χ2v) is 7.90. The molecule has 1 heterocycles. The Morgan fingerprint density at radius 3 is 2.35 bits per heavy atom. The molecule has 0 aromatic carbocycles. The lowest BCUT2D eigenvalue weighted by Crippen LogP contribution is -2.50. The molecule has 7 heteroatoms. The molecule has 2 atom stereocenters. The smallest absolute Gasteiger partial charge is 0.223 e. The van der Waals surface area contributed by atoms with Crippen LogP contribution in [-0.4, -0.2) is 56.2 Å². The fraction of sp³-hybridized carbons (Fsp3) is 0.923. The molecule has 1 saturated heterocycles. The Balaban J connectivity index is 1.79. The second kappa shape index (κ2) is 6.41. The largest absolute Gasteiger partial charge is 0.373 e. The number of hydrogen-bond donors (Lipinski definition) is 1. The summed E-state index contributed by atoms with van der Waals surface area (Å²) in [6, 6.07) is 0. The molecule has 0 spiro atoms. The molecule has 2 unspecified atom stereocenters. The van der Waals surface area contributed by atoms with Crippen LogP contribution in [0.3, 0.4) is 0 Å². The predicted octanol–water partition coefficient (Wildman–Crippen LogP) is 0.342. The van der Waals surface area contributed by atoms with Crippen molar-refractivity contribution >= 4 is 15.9 Å². The summed E-state index contributed by atoms with van der Waals surface area (Å²) in [5, 5.41) is 2.73. The first kappa shape index (κ1) is 15.7. The lowest BCUT2D eigenvalue weighted by molar-refractivity contribution is -0.127. The lowest BCUT2D eigenvalue weighted by atomic mass is 9.85. The molecule has 0 aromatic heterocycles. The van der Waals surface area contributed by atoms with E-state index in [0.29, 0.717) is 13.1 Å². The number of carbonyl (C=O) groups excluding carboxylic acids is 1. The van der Waals surface area contributed by atoms with Gasteiger partial charge in [-0.2, -0.15) is 4.31 Å². The van der Waals surface area contributed by atoms with E-state index in [-0.39, 0.29) is 36.3 Å². The van der Waals surface area contributed by atoms with Crippen molar-refractivity contribution < 1.29 is 17.9 Å². The van der Waals surface area contributed by atoms with Crippen molar-refractivity contribution in [3.8, 4) is 0 Å². The average molecular weight is 304 g/mol. The molecule has 0 aromatic rings. The summed E-state index contributed by atoms with van der Waals surface area (Å²) in [6.45, 7) is 4.72. The topological polar surface area (TPSA) is 75.7 Å². The Morgan fingerprint density at radius 2 is 1.85 bits per heavy atom. The van der Waals surface area contributed by atoms with Crippen molar-refractivity contribution in [2.45, 2.75) is 45.3 Å². The van der Waals surface area contributed by atoms with Crippen LogP contribution in [0.4, 0.5) is 0 Å². The van der Waals surface area contributed by atoms with Crippen LogP contribution in [0.25, 0.3) is 0 Å². The summed E-state index contributed by atoms with van der Waals surface area (Å²) in [4.78, 5) is 11.7. The molecule has 0 radical (unpaired) electrons. The second-order valence-electron chi connectivity index (χ2n) is 5.81. The lowest BCUT2D eigenvalue weighted by Gasteiger charge is -2.34. The summed E-state index contributed by atoms with van der Waals surface area (Å²) >= 11 is 0. The minimum Gasteiger partial charge on any atom is -0.373 e. The monoisotopic (exact) mass is 304 g/mol. The Kier molecular flexibility index (Phi) is 5.04. The molecule has 1 amide bonds. The maximum Gasteiger partial charge on any atom is 0.223 e. The molecular formula is C13H24N2O4S. The Bertz CT molecular complexity index is 437. The van der Waals surface area contributed by atoms with Gasteiger partial charge >= 0.3 is 0 Å². The van der Waals surface area contributed by atoms with Crippen molar-refractivity contribution in [2.75, 3.05) is 25.4 Å². The van der Waals surface area contributed by atoms with Crippen LogP contribution >= 0.6 is 0 Å². The number of nitrogens with zero attached hydrogens (tertiary/aromatic N) is 1. The fourth-order valence-electron chi connectivity index (χ4n) is 2.60. The van der Waals surface area contributed by atoms with Crippen LogP contribution in [0.1, 0.15) is 33.1 Å². The van der Waals surface area contributed by atoms with Gasteiger partial charge in [0.05, 0.1) is 18.0 Å². The van der Waals surface area contributed by atoms with Crippen molar-refractivity contribution in [3.63, 3.8) is 0 Å². The van der Waals surface area contributed by atoms with Gasteiger partial charge in [0.1, 0.15) is 0 Å². The van der Waals surface area contributed by atoms with E-state index in [1.54, 1.807) is 0 Å². The van der Waals surface area contributed by atoms with E-state index in [4.69, 9.17) is 4.74 Å². The standard InChI is InChI=1S/C13H24N2O4S/c1-10-8-15(9-11(2)19-10)20(17,18)7-6-14-13(16)12-4-3-5-12/h10-12H,3-9H2,1-2H3,(H,14,16). The highest BCUT2D eigenvalue weighted by atomic mass is 32.2. The van der Waals surface area contributed by atoms with Gasteiger partial charge in [-0.15, -0.1) is 0 Å². The highest BCUT2D eigenvalue weighted by Crippen LogP contribution is 2.26. The van der Waals surface area contributed by atoms with Crippen LogP contribution in [-0.2, 0) is 19.6 Å². The minimum absolute atomic E-state index is 0.00448. The number of sulfonamides is 1. The third-order valence-corrected chi connectivity index (χ3v) is 5.72. The third kappa shape index (κ3) is 3.93. The number of nitrogens with one attached hydrogen (secondary N) is 1. The Morgan fingerprint density at radius 1 is 1.25 bits per heavy atom. The molecule has 2 fully saturated rings. The number of amides is 1. The molecule has 2 rings (SSSR count). The van der Waals surface area contributed by atoms with Crippen molar-refractivity contribution in [3.05, 3.63) is 0 Å². The van der Waals surface area contributed by atoms with Crippen LogP contribution in [0, 0.1) is 5.92 Å². The molecule has 116 valence electrons. The highest BCUT2D eigenvalue weighted by Gasteiger charge is 2.31. The van der Waals surface area contributed by atoms with Gasteiger partial charge in [0.2, 0.25) is 15.9 Å². The Labute approximate surface area is 120 Å². The number of rotatable bonds is 5. The fourth-order valence-corrected chi connectivity index (χ4v) is 4.10. The summed E-state index contributed by atoms with van der Waals surface area (Å²) in [5.74, 6) is 0.0570. The summed E-state index contributed by atoms with van der Waals surface area (Å²) < 4.78 is 31.5. The molecule has 6 nitrogen and oxygen atoms in total. The highest BCUT2D eigenvalue weighted by molar-refractivity contribution is 7.89. The average Bonchev–Trinajstić information content (AvgIpc) is 2.24. The maximum atomic E-state index is 12.2. The van der Waals surface area contributed by atoms with E-state index in [2.05, 4.69) is 5.32 Å². The van der Waals surface area contributed by atoms with Crippen LogP contribution < -0.4 is 5.32 Å². The quantitative estimate of drug-likeness (QED) is 0.795. The molecule has 1 aliphatic carbocycles. The van der Waals surface area contributed by atoms with Crippen LogP contribution in [0.15, 0.2) is 0 Å². The number of morpholine rings is 1. The van der Waals surface area contributed by atoms with Gasteiger partial charge in [-0.05, 0) is 26.7 Å². The van der Waals surface area contributed by atoms with Gasteiger partial charge < -0.3 is 10.1 Å². The van der Waals surface area contributed by atoms with Crippen molar-refractivity contribution in [1.82, 2.24) is 9.62 Å². The van der Waals surface area contributed by atoms with Crippen molar-refractivity contribution in [1.29, 1.82) is 0 Å². The zero-order valence-corrected chi connectivity index (χ0v) is 13.0. The maximum absolute atomic E-state index is 12.2.